The van der Waals surface area contributed by atoms with E-state index < -0.39 is 35.4 Å². The quantitative estimate of drug-likeness (QED) is 0.631. The molecule has 1 aromatic carbocycles. The van der Waals surface area contributed by atoms with Crippen molar-refractivity contribution in [1.29, 1.82) is 5.26 Å². The lowest BCUT2D eigenvalue weighted by Gasteiger charge is -2.36. The first-order valence-corrected chi connectivity index (χ1v) is 12.4. The molecule has 1 aliphatic carbocycles. The summed E-state index contributed by atoms with van der Waals surface area (Å²) in [5.41, 5.74) is 0.930. The van der Waals surface area contributed by atoms with Gasteiger partial charge in [-0.3, -0.25) is 4.79 Å². The summed E-state index contributed by atoms with van der Waals surface area (Å²) in [5.74, 6) is -1.11. The lowest BCUT2D eigenvalue weighted by molar-refractivity contribution is -0.154. The van der Waals surface area contributed by atoms with Crippen molar-refractivity contribution in [2.75, 3.05) is 5.32 Å². The smallest absolute Gasteiger partial charge is 0.326 e. The Balaban J connectivity index is 1.86. The lowest BCUT2D eigenvalue weighted by atomic mass is 9.72. The number of pyridine rings is 1. The number of nitrogens with zero attached hydrogens (tertiary/aromatic N) is 3. The van der Waals surface area contributed by atoms with Gasteiger partial charge in [0.15, 0.2) is 0 Å². The minimum atomic E-state index is -0.988. The van der Waals surface area contributed by atoms with Crippen molar-refractivity contribution < 1.29 is 14.7 Å². The zero-order valence-electron chi connectivity index (χ0n) is 20.6. The van der Waals surface area contributed by atoms with E-state index in [4.69, 9.17) is 0 Å². The second-order valence-electron chi connectivity index (χ2n) is 10.8. The van der Waals surface area contributed by atoms with Crippen LogP contribution < -0.4 is 5.32 Å². The standard InChI is InChI=1S/C28H34N4O3/c1-28(2,3)22-23(31-21-16-18(17-29)14-15-30-21)24(19-10-6-4-7-11-19)32(25(22)27(34)35)26(33)20-12-8-5-9-13-20/h4,6-7,10-11,14-16,20,22-25H,5,8-9,12-13H2,1-3H3,(H,30,31)(H,34,35). The largest absolute Gasteiger partial charge is 0.480 e. The van der Waals surface area contributed by atoms with Crippen molar-refractivity contribution in [1.82, 2.24) is 9.88 Å². The van der Waals surface area contributed by atoms with Crippen LogP contribution in [0, 0.1) is 28.6 Å². The minimum Gasteiger partial charge on any atom is -0.480 e. The topological polar surface area (TPSA) is 106 Å². The molecule has 2 N–H and O–H groups in total. The van der Waals surface area contributed by atoms with E-state index >= 15 is 0 Å². The van der Waals surface area contributed by atoms with Gasteiger partial charge in [0.2, 0.25) is 5.91 Å². The number of carboxylic acids is 1. The van der Waals surface area contributed by atoms with Crippen LogP contribution in [0.5, 0.6) is 0 Å². The Kier molecular flexibility index (Phi) is 7.11. The number of benzene rings is 1. The molecule has 1 amide bonds. The van der Waals surface area contributed by atoms with Gasteiger partial charge in [0.05, 0.1) is 23.7 Å². The zero-order chi connectivity index (χ0) is 25.2. The van der Waals surface area contributed by atoms with Gasteiger partial charge >= 0.3 is 5.97 Å². The second-order valence-corrected chi connectivity index (χ2v) is 10.8. The SMILES string of the molecule is CC(C)(C)C1C(Nc2cc(C#N)ccn2)C(c2ccccc2)N(C(=O)C2CCCCC2)C1C(=O)O. The highest BCUT2D eigenvalue weighted by Gasteiger charge is 2.58. The molecule has 1 aromatic heterocycles. The second kappa shape index (κ2) is 10.1. The third-order valence-corrected chi connectivity index (χ3v) is 7.47. The first-order valence-electron chi connectivity index (χ1n) is 12.4. The predicted molar refractivity (Wildman–Crippen MR) is 133 cm³/mol. The number of nitriles is 1. The number of hydrogen-bond acceptors (Lipinski definition) is 5. The van der Waals surface area contributed by atoms with Gasteiger partial charge < -0.3 is 15.3 Å². The normalized spacial score (nSPS) is 25.1. The van der Waals surface area contributed by atoms with Gasteiger partial charge in [0.25, 0.3) is 0 Å². The van der Waals surface area contributed by atoms with Crippen LogP contribution in [-0.2, 0) is 9.59 Å². The average Bonchev–Trinajstić information content (AvgIpc) is 3.20. The Hall–Kier alpha value is -3.40. The zero-order valence-corrected chi connectivity index (χ0v) is 20.6. The van der Waals surface area contributed by atoms with E-state index in [1.54, 1.807) is 23.2 Å². The number of carbonyl (C=O) groups is 2. The molecule has 4 rings (SSSR count). The average molecular weight is 475 g/mol. The molecule has 2 aliphatic rings. The maximum atomic E-state index is 14.0. The fourth-order valence-corrected chi connectivity index (χ4v) is 5.97. The number of likely N-dealkylation sites (tertiary alicyclic amines) is 1. The summed E-state index contributed by atoms with van der Waals surface area (Å²) in [6, 6.07) is 13.3. The Labute approximate surface area is 207 Å². The number of nitrogens with one attached hydrogen (secondary N) is 1. The molecule has 0 spiro atoms. The molecule has 0 radical (unpaired) electrons. The highest BCUT2D eigenvalue weighted by Crippen LogP contribution is 2.50. The van der Waals surface area contributed by atoms with Crippen LogP contribution >= 0.6 is 0 Å². The van der Waals surface area contributed by atoms with E-state index in [-0.39, 0.29) is 11.8 Å². The van der Waals surface area contributed by atoms with E-state index in [2.05, 4.69) is 16.4 Å². The van der Waals surface area contributed by atoms with Crippen LogP contribution in [0.4, 0.5) is 5.82 Å². The molecule has 4 unspecified atom stereocenters. The van der Waals surface area contributed by atoms with Crippen molar-refractivity contribution in [3.05, 3.63) is 59.8 Å². The Morgan fingerprint density at radius 3 is 2.40 bits per heavy atom. The van der Waals surface area contributed by atoms with Crippen LogP contribution in [0.1, 0.15) is 70.0 Å². The van der Waals surface area contributed by atoms with Crippen LogP contribution in [-0.4, -0.2) is 39.0 Å². The number of hydrogen-bond donors (Lipinski definition) is 2. The molecule has 2 aromatic rings. The first-order chi connectivity index (χ1) is 16.7. The fourth-order valence-electron chi connectivity index (χ4n) is 5.97. The number of carbonyl (C=O) groups excluding carboxylic acids is 1. The molecule has 1 saturated carbocycles. The van der Waals surface area contributed by atoms with Gasteiger partial charge in [-0.05, 0) is 36.0 Å². The summed E-state index contributed by atoms with van der Waals surface area (Å²) < 4.78 is 0. The van der Waals surface area contributed by atoms with E-state index in [0.29, 0.717) is 11.4 Å². The van der Waals surface area contributed by atoms with Crippen molar-refractivity contribution in [2.24, 2.45) is 17.3 Å². The predicted octanol–water partition coefficient (Wildman–Crippen LogP) is 5.01. The third kappa shape index (κ3) is 5.02. The number of aliphatic carboxylic acids is 1. The van der Waals surface area contributed by atoms with Crippen molar-refractivity contribution in [3.63, 3.8) is 0 Å². The van der Waals surface area contributed by atoms with Gasteiger partial charge in [-0.15, -0.1) is 0 Å². The van der Waals surface area contributed by atoms with Crippen molar-refractivity contribution >= 4 is 17.7 Å². The highest BCUT2D eigenvalue weighted by molar-refractivity contribution is 5.87. The monoisotopic (exact) mass is 474 g/mol. The fraction of sp³-hybridized carbons (Fsp3) is 0.500. The molecule has 4 atom stereocenters. The Bertz CT molecular complexity index is 1100. The van der Waals surface area contributed by atoms with E-state index in [0.717, 1.165) is 37.7 Å². The summed E-state index contributed by atoms with van der Waals surface area (Å²) in [5, 5.41) is 23.4. The van der Waals surface area contributed by atoms with Crippen LogP contribution in [0.15, 0.2) is 48.7 Å². The number of carboxylic acid groups (broad SMARTS) is 1. The summed E-state index contributed by atoms with van der Waals surface area (Å²) in [7, 11) is 0. The summed E-state index contributed by atoms with van der Waals surface area (Å²) in [6.07, 6.45) is 6.27. The number of amides is 1. The number of anilines is 1. The molecule has 1 saturated heterocycles. The molecule has 1 aliphatic heterocycles. The van der Waals surface area contributed by atoms with Gasteiger partial charge in [0, 0.05) is 18.0 Å². The molecular formula is C28H34N4O3. The summed E-state index contributed by atoms with van der Waals surface area (Å²) in [4.78, 5) is 33.0. The van der Waals surface area contributed by atoms with Crippen molar-refractivity contribution in [3.8, 4) is 6.07 Å². The molecule has 7 heteroatoms. The van der Waals surface area contributed by atoms with Crippen LogP contribution in [0.3, 0.4) is 0 Å². The van der Waals surface area contributed by atoms with Crippen LogP contribution in [0.25, 0.3) is 0 Å². The van der Waals surface area contributed by atoms with Gasteiger partial charge in [-0.2, -0.15) is 5.26 Å². The third-order valence-electron chi connectivity index (χ3n) is 7.47. The van der Waals surface area contributed by atoms with Crippen LogP contribution in [0.2, 0.25) is 0 Å². The maximum Gasteiger partial charge on any atom is 0.326 e. The molecule has 184 valence electrons. The molecule has 0 bridgehead atoms. The van der Waals surface area contributed by atoms with Gasteiger partial charge in [0.1, 0.15) is 11.9 Å². The first kappa shape index (κ1) is 24.7. The highest BCUT2D eigenvalue weighted by atomic mass is 16.4. The van der Waals surface area contributed by atoms with E-state index in [1.165, 1.54) is 0 Å². The molecule has 7 nitrogen and oxygen atoms in total. The molecule has 35 heavy (non-hydrogen) atoms. The lowest BCUT2D eigenvalue weighted by Crippen LogP contribution is -2.49. The molecule has 2 fully saturated rings. The Morgan fingerprint density at radius 1 is 1.11 bits per heavy atom. The number of rotatable bonds is 5. The molecule has 2 heterocycles. The maximum absolute atomic E-state index is 14.0. The van der Waals surface area contributed by atoms with Gasteiger partial charge in [-0.25, -0.2) is 9.78 Å². The summed E-state index contributed by atoms with van der Waals surface area (Å²) >= 11 is 0. The molecular weight excluding hydrogens is 440 g/mol. The number of aromatic nitrogens is 1. The minimum absolute atomic E-state index is 0.0664. The van der Waals surface area contributed by atoms with E-state index in [9.17, 15) is 20.0 Å². The van der Waals surface area contributed by atoms with E-state index in [1.807, 2.05) is 51.1 Å². The summed E-state index contributed by atoms with van der Waals surface area (Å²) in [6.45, 7) is 6.08. The van der Waals surface area contributed by atoms with Gasteiger partial charge in [-0.1, -0.05) is 70.4 Å². The van der Waals surface area contributed by atoms with Crippen molar-refractivity contribution in [2.45, 2.75) is 71.0 Å². The Morgan fingerprint density at radius 2 is 1.80 bits per heavy atom.